The van der Waals surface area contributed by atoms with E-state index in [9.17, 15) is 0 Å². The maximum atomic E-state index is 0. The molecule has 0 aromatic rings. The molecular formula is HoNiSbSn. The first kappa shape index (κ1) is 26.3. The van der Waals surface area contributed by atoms with Gasteiger partial charge >= 0.3 is 0 Å². The summed E-state index contributed by atoms with van der Waals surface area (Å²) in [5.74, 6) is 0. The summed E-state index contributed by atoms with van der Waals surface area (Å²) in [6, 6.07) is 0. The summed E-state index contributed by atoms with van der Waals surface area (Å²) in [7, 11) is 0. The summed E-state index contributed by atoms with van der Waals surface area (Å²) in [5, 5.41) is 0. The van der Waals surface area contributed by atoms with Crippen LogP contribution in [0.5, 0.6) is 0 Å². The van der Waals surface area contributed by atoms with E-state index < -0.39 is 0 Å². The first-order valence-corrected chi connectivity index (χ1v) is 0. The molecule has 0 aliphatic heterocycles. The van der Waals surface area contributed by atoms with Crippen LogP contribution in [0.25, 0.3) is 0 Å². The van der Waals surface area contributed by atoms with Crippen molar-refractivity contribution in [2.45, 2.75) is 0 Å². The third-order valence-corrected chi connectivity index (χ3v) is 0. The van der Waals surface area contributed by atoms with Crippen molar-refractivity contribution in [3.8, 4) is 0 Å². The van der Waals surface area contributed by atoms with Crippen LogP contribution in [0.4, 0.5) is 0 Å². The molecule has 0 unspecified atom stereocenters. The first-order chi connectivity index (χ1) is 0. The van der Waals surface area contributed by atoms with Gasteiger partial charge in [-0.1, -0.05) is 0 Å². The van der Waals surface area contributed by atoms with Crippen LogP contribution in [0, 0.1) is 37.7 Å². The van der Waals surface area contributed by atoms with Crippen molar-refractivity contribution in [2.24, 2.45) is 0 Å². The van der Waals surface area contributed by atoms with Gasteiger partial charge in [-0.3, -0.25) is 0 Å². The van der Waals surface area contributed by atoms with Crippen molar-refractivity contribution >= 4 is 48.3 Å². The van der Waals surface area contributed by atoms with Gasteiger partial charge in [-0.15, -0.1) is 0 Å². The molecule has 30 valence electrons. The Morgan fingerprint density at radius 1 is 1.00 bits per heavy atom. The van der Waals surface area contributed by atoms with Gasteiger partial charge in [0.1, 0.15) is 0 Å². The van der Waals surface area contributed by atoms with Gasteiger partial charge < -0.3 is 0 Å². The van der Waals surface area contributed by atoms with Crippen molar-refractivity contribution < 1.29 is 54.2 Å². The number of hydrogen-bond donors (Lipinski definition) is 0. The van der Waals surface area contributed by atoms with Crippen LogP contribution in [-0.4, -0.2) is 48.3 Å². The molecule has 4 heavy (non-hydrogen) atoms. The fraction of sp³-hybridized carbons (Fsp3) is 0. The average molecular weight is 464 g/mol. The van der Waals surface area contributed by atoms with Gasteiger partial charge in [-0.05, 0) is 0 Å². The second-order valence-corrected chi connectivity index (χ2v) is 0. The number of rotatable bonds is 0. The Morgan fingerprint density at radius 2 is 1.00 bits per heavy atom. The summed E-state index contributed by atoms with van der Waals surface area (Å²) in [5.41, 5.74) is 0. The molecule has 0 aliphatic carbocycles. The Labute approximate surface area is 100 Å². The van der Waals surface area contributed by atoms with Crippen LogP contribution in [0.2, 0.25) is 0 Å². The molecule has 0 aromatic carbocycles. The molecule has 0 nitrogen and oxygen atoms in total. The Balaban J connectivity index is 0. The van der Waals surface area contributed by atoms with Gasteiger partial charge in [-0.25, -0.2) is 0 Å². The molecule has 0 fully saturated rings. The van der Waals surface area contributed by atoms with Crippen molar-refractivity contribution in [1.82, 2.24) is 0 Å². The summed E-state index contributed by atoms with van der Waals surface area (Å²) >= 11 is 0. The molecule has 8 radical (unpaired) electrons. The van der Waals surface area contributed by atoms with Gasteiger partial charge in [0.25, 0.3) is 0 Å². The fourth-order valence-corrected chi connectivity index (χ4v) is 0. The topological polar surface area (TPSA) is 0 Å². The molecule has 0 aromatic heterocycles. The molecule has 0 spiro atoms. The predicted octanol–water partition coefficient (Wildman–Crippen LogP) is -0.764. The molecule has 0 saturated carbocycles. The summed E-state index contributed by atoms with van der Waals surface area (Å²) in [6.07, 6.45) is 0. The SMILES string of the molecule is [Ho].[Ni].[Sb].[Sn]. The van der Waals surface area contributed by atoms with E-state index in [1.807, 2.05) is 0 Å². The molecular weight excluding hydrogens is 464 g/mol. The molecule has 0 rings (SSSR count). The second-order valence-electron chi connectivity index (χ2n) is 0. The summed E-state index contributed by atoms with van der Waals surface area (Å²) < 4.78 is 0. The monoisotopic (exact) mass is 464 g/mol. The van der Waals surface area contributed by atoms with E-state index in [-0.39, 0.29) is 103 Å². The molecule has 0 bridgehead atoms. The van der Waals surface area contributed by atoms with Gasteiger partial charge in [0.05, 0.1) is 0 Å². The maximum Gasteiger partial charge on any atom is 0 e. The van der Waals surface area contributed by atoms with E-state index in [0.29, 0.717) is 0 Å². The summed E-state index contributed by atoms with van der Waals surface area (Å²) in [6.45, 7) is 0. The standard InChI is InChI=1S/Ho.Ni.Sb.Sn. The molecule has 0 atom stereocenters. The van der Waals surface area contributed by atoms with Gasteiger partial charge in [-0.2, -0.15) is 0 Å². The van der Waals surface area contributed by atoms with Crippen molar-refractivity contribution in [3.63, 3.8) is 0 Å². The molecule has 0 saturated heterocycles. The third kappa shape index (κ3) is 9.03. The van der Waals surface area contributed by atoms with E-state index in [1.54, 1.807) is 0 Å². The zero-order valence-corrected chi connectivity index (χ0v) is 9.89. The van der Waals surface area contributed by atoms with Gasteiger partial charge in [0, 0.05) is 103 Å². The largest absolute Gasteiger partial charge is 0 e. The normalized spacial score (nSPS) is 0. The smallest absolute Gasteiger partial charge is 0 e. The van der Waals surface area contributed by atoms with Crippen molar-refractivity contribution in [3.05, 3.63) is 0 Å². The molecule has 0 amide bonds. The van der Waals surface area contributed by atoms with E-state index in [2.05, 4.69) is 0 Å². The molecule has 0 heterocycles. The van der Waals surface area contributed by atoms with Crippen LogP contribution < -0.4 is 0 Å². The van der Waals surface area contributed by atoms with Crippen LogP contribution in [-0.2, 0) is 16.5 Å². The first-order valence-electron chi connectivity index (χ1n) is 0. The Morgan fingerprint density at radius 3 is 1.00 bits per heavy atom. The minimum absolute atomic E-state index is 0. The van der Waals surface area contributed by atoms with E-state index in [1.165, 1.54) is 0 Å². The minimum Gasteiger partial charge on any atom is 0 e. The Kier molecular flexibility index (Phi) is 106. The van der Waals surface area contributed by atoms with E-state index >= 15 is 0 Å². The molecule has 4 heteroatoms. The number of hydrogen-bond acceptors (Lipinski definition) is 0. The minimum atomic E-state index is 0. The van der Waals surface area contributed by atoms with Crippen LogP contribution in [0.1, 0.15) is 0 Å². The summed E-state index contributed by atoms with van der Waals surface area (Å²) in [4.78, 5) is 0. The quantitative estimate of drug-likeness (QED) is 0.414. The molecule has 0 N–H and O–H groups in total. The van der Waals surface area contributed by atoms with E-state index in [0.717, 1.165) is 0 Å². The van der Waals surface area contributed by atoms with E-state index in [4.69, 9.17) is 0 Å². The van der Waals surface area contributed by atoms with Crippen LogP contribution >= 0.6 is 0 Å². The predicted molar refractivity (Wildman–Crippen MR) is 11.5 cm³/mol. The van der Waals surface area contributed by atoms with Crippen LogP contribution in [0.15, 0.2) is 0 Å². The zero-order chi connectivity index (χ0) is 0. The fourth-order valence-electron chi connectivity index (χ4n) is 0. The van der Waals surface area contributed by atoms with Crippen molar-refractivity contribution in [2.75, 3.05) is 0 Å². The Bertz CT molecular complexity index is 8.00. The van der Waals surface area contributed by atoms with Gasteiger partial charge in [0.15, 0.2) is 0 Å². The third-order valence-electron chi connectivity index (χ3n) is 0. The molecule has 0 aliphatic rings. The Hall–Kier alpha value is 3.37. The van der Waals surface area contributed by atoms with Crippen LogP contribution in [0.3, 0.4) is 0 Å². The second kappa shape index (κ2) is 16.2. The maximum absolute atomic E-state index is 0. The average Bonchev–Trinajstić information content (AvgIpc) is 0. The van der Waals surface area contributed by atoms with Gasteiger partial charge in [0.2, 0.25) is 0 Å². The zero-order valence-electron chi connectivity index (χ0n) is 1.56. The van der Waals surface area contributed by atoms with Crippen molar-refractivity contribution in [1.29, 1.82) is 0 Å².